The number of rotatable bonds is 5. The third-order valence-corrected chi connectivity index (χ3v) is 3.79. The van der Waals surface area contributed by atoms with Crippen molar-refractivity contribution in [3.05, 3.63) is 35.9 Å². The van der Waals surface area contributed by atoms with E-state index in [2.05, 4.69) is 0 Å². The highest BCUT2D eigenvalue weighted by atomic mass is 16.3. The zero-order valence-corrected chi connectivity index (χ0v) is 11.8. The molecule has 5 N–H and O–H groups in total. The molecule has 0 saturated carbocycles. The summed E-state index contributed by atoms with van der Waals surface area (Å²) >= 11 is 0. The number of aliphatic hydroxyl groups excluding tert-OH is 1. The maximum absolute atomic E-state index is 12.3. The van der Waals surface area contributed by atoms with Gasteiger partial charge in [-0.3, -0.25) is 9.59 Å². The predicted molar refractivity (Wildman–Crippen MR) is 78.1 cm³/mol. The van der Waals surface area contributed by atoms with Gasteiger partial charge in [0.1, 0.15) is 6.04 Å². The van der Waals surface area contributed by atoms with Crippen molar-refractivity contribution in [3.8, 4) is 0 Å². The molecule has 1 fully saturated rings. The first-order chi connectivity index (χ1) is 9.99. The summed E-state index contributed by atoms with van der Waals surface area (Å²) in [5, 5.41) is 9.61. The Bertz CT molecular complexity index is 506. The number of hydrogen-bond acceptors (Lipinski definition) is 4. The number of aryl methyl sites for hydroxylation is 1. The maximum Gasteiger partial charge on any atom is 0.240 e. The first-order valence-electron chi connectivity index (χ1n) is 7.06. The topological polar surface area (TPSA) is 110 Å². The van der Waals surface area contributed by atoms with Gasteiger partial charge in [-0.2, -0.15) is 0 Å². The van der Waals surface area contributed by atoms with E-state index in [1.165, 1.54) is 4.90 Å². The van der Waals surface area contributed by atoms with E-state index in [1.54, 1.807) is 0 Å². The van der Waals surface area contributed by atoms with Crippen LogP contribution >= 0.6 is 0 Å². The molecule has 2 unspecified atom stereocenters. The van der Waals surface area contributed by atoms with Crippen molar-refractivity contribution in [1.82, 2.24) is 4.90 Å². The summed E-state index contributed by atoms with van der Waals surface area (Å²) in [5.41, 5.74) is 12.3. The molecule has 1 aliphatic rings. The van der Waals surface area contributed by atoms with E-state index in [9.17, 15) is 14.7 Å². The predicted octanol–water partition coefficient (Wildman–Crippen LogP) is -0.606. The molecule has 6 nitrogen and oxygen atoms in total. The van der Waals surface area contributed by atoms with E-state index < -0.39 is 24.1 Å². The van der Waals surface area contributed by atoms with E-state index in [0.717, 1.165) is 5.56 Å². The van der Waals surface area contributed by atoms with Crippen molar-refractivity contribution in [1.29, 1.82) is 0 Å². The number of nitrogens with two attached hydrogens (primary N) is 2. The molecule has 3 atom stereocenters. The second-order valence-corrected chi connectivity index (χ2v) is 5.43. The Morgan fingerprint density at radius 3 is 2.62 bits per heavy atom. The highest BCUT2D eigenvalue weighted by Crippen LogP contribution is 2.19. The summed E-state index contributed by atoms with van der Waals surface area (Å²) in [6, 6.07) is 8.29. The number of benzene rings is 1. The van der Waals surface area contributed by atoms with E-state index in [4.69, 9.17) is 11.5 Å². The van der Waals surface area contributed by atoms with Crippen LogP contribution in [0.25, 0.3) is 0 Å². The van der Waals surface area contributed by atoms with Gasteiger partial charge in [0.25, 0.3) is 0 Å². The van der Waals surface area contributed by atoms with Crippen molar-refractivity contribution in [2.45, 2.75) is 37.5 Å². The number of hydrogen-bond donors (Lipinski definition) is 3. The minimum atomic E-state index is -0.754. The standard InChI is InChI=1S/C15H21N3O3/c16-12(7-6-10-4-2-1-3-5-10)15(21)18-9-11(19)8-13(18)14(17)20/h1-5,11-13,19H,6-9,16H2,(H2,17,20)/t11?,12-,13?/m0/s1. The zero-order valence-electron chi connectivity index (χ0n) is 11.8. The van der Waals surface area contributed by atoms with Gasteiger partial charge < -0.3 is 21.5 Å². The first-order valence-corrected chi connectivity index (χ1v) is 7.06. The molecule has 114 valence electrons. The Morgan fingerprint density at radius 2 is 2.00 bits per heavy atom. The second-order valence-electron chi connectivity index (χ2n) is 5.43. The summed E-state index contributed by atoms with van der Waals surface area (Å²) in [4.78, 5) is 25.0. The molecule has 21 heavy (non-hydrogen) atoms. The Morgan fingerprint density at radius 1 is 1.33 bits per heavy atom. The van der Waals surface area contributed by atoms with Crippen molar-refractivity contribution in [3.63, 3.8) is 0 Å². The number of amides is 2. The van der Waals surface area contributed by atoms with E-state index in [0.29, 0.717) is 12.8 Å². The summed E-state index contributed by atoms with van der Waals surface area (Å²) in [6.45, 7) is 0.117. The molecule has 0 aliphatic carbocycles. The molecular formula is C15H21N3O3. The lowest BCUT2D eigenvalue weighted by Crippen LogP contribution is -2.50. The molecule has 6 heteroatoms. The second kappa shape index (κ2) is 6.69. The number of nitrogens with zero attached hydrogens (tertiary/aromatic N) is 1. The zero-order chi connectivity index (χ0) is 15.4. The molecule has 0 bridgehead atoms. The maximum atomic E-state index is 12.3. The van der Waals surface area contributed by atoms with Crippen molar-refractivity contribution >= 4 is 11.8 Å². The van der Waals surface area contributed by atoms with Gasteiger partial charge in [0.15, 0.2) is 0 Å². The van der Waals surface area contributed by atoms with Gasteiger partial charge in [-0.05, 0) is 18.4 Å². The van der Waals surface area contributed by atoms with Crippen molar-refractivity contribution < 1.29 is 14.7 Å². The summed E-state index contributed by atoms with van der Waals surface area (Å²) in [7, 11) is 0. The normalized spacial score (nSPS) is 23.0. The quantitative estimate of drug-likeness (QED) is 0.672. The van der Waals surface area contributed by atoms with E-state index in [1.807, 2.05) is 30.3 Å². The van der Waals surface area contributed by atoms with Crippen LogP contribution in [0.4, 0.5) is 0 Å². The summed E-state index contributed by atoms with van der Waals surface area (Å²) in [5.74, 6) is -0.929. The van der Waals surface area contributed by atoms with Gasteiger partial charge in [-0.1, -0.05) is 30.3 Å². The number of likely N-dealkylation sites (tertiary alicyclic amines) is 1. The SMILES string of the molecule is NC(=O)C1CC(O)CN1C(=O)[C@@H](N)CCc1ccccc1. The lowest BCUT2D eigenvalue weighted by Gasteiger charge is -2.25. The molecule has 1 aromatic rings. The Labute approximate surface area is 123 Å². The first kappa shape index (κ1) is 15.5. The van der Waals surface area contributed by atoms with Gasteiger partial charge in [0.2, 0.25) is 11.8 Å². The van der Waals surface area contributed by atoms with Gasteiger partial charge in [-0.15, -0.1) is 0 Å². The third kappa shape index (κ3) is 3.80. The number of carbonyl (C=O) groups is 2. The minimum Gasteiger partial charge on any atom is -0.391 e. The number of aliphatic hydroxyl groups is 1. The summed E-state index contributed by atoms with van der Waals surface area (Å²) in [6.07, 6.45) is 0.645. The minimum absolute atomic E-state index is 0.117. The monoisotopic (exact) mass is 291 g/mol. The Hall–Kier alpha value is -1.92. The van der Waals surface area contributed by atoms with Gasteiger partial charge in [-0.25, -0.2) is 0 Å². The molecule has 2 rings (SSSR count). The molecule has 1 aromatic carbocycles. The van der Waals surface area contributed by atoms with Crippen LogP contribution in [0.2, 0.25) is 0 Å². The fourth-order valence-corrected chi connectivity index (χ4v) is 2.63. The Kier molecular flexibility index (Phi) is 4.93. The lowest BCUT2D eigenvalue weighted by atomic mass is 10.0. The van der Waals surface area contributed by atoms with Crippen LogP contribution in [0.1, 0.15) is 18.4 Å². The fraction of sp³-hybridized carbons (Fsp3) is 0.467. The third-order valence-electron chi connectivity index (χ3n) is 3.79. The largest absolute Gasteiger partial charge is 0.391 e. The molecule has 0 radical (unpaired) electrons. The van der Waals surface area contributed by atoms with Gasteiger partial charge in [0, 0.05) is 13.0 Å². The molecule has 1 heterocycles. The lowest BCUT2D eigenvalue weighted by molar-refractivity contribution is -0.138. The molecule has 0 aromatic heterocycles. The molecule has 2 amide bonds. The summed E-state index contributed by atoms with van der Waals surface area (Å²) < 4.78 is 0. The molecule has 0 spiro atoms. The molecular weight excluding hydrogens is 270 g/mol. The van der Waals surface area contributed by atoms with Crippen LogP contribution in [-0.2, 0) is 16.0 Å². The number of β-amino-alcohol motifs (C(OH)–C–C–N with tert-alkyl or cyclic N) is 1. The van der Waals surface area contributed by atoms with Crippen molar-refractivity contribution in [2.75, 3.05) is 6.54 Å². The fourth-order valence-electron chi connectivity index (χ4n) is 2.63. The average molecular weight is 291 g/mol. The van der Waals surface area contributed by atoms with Gasteiger partial charge >= 0.3 is 0 Å². The van der Waals surface area contributed by atoms with Crippen LogP contribution in [0.5, 0.6) is 0 Å². The van der Waals surface area contributed by atoms with Gasteiger partial charge in [0.05, 0.1) is 12.1 Å². The van der Waals surface area contributed by atoms with Crippen LogP contribution in [0, 0.1) is 0 Å². The van der Waals surface area contributed by atoms with Crippen LogP contribution in [0.3, 0.4) is 0 Å². The van der Waals surface area contributed by atoms with E-state index >= 15 is 0 Å². The molecule has 1 aliphatic heterocycles. The van der Waals surface area contributed by atoms with Crippen molar-refractivity contribution in [2.24, 2.45) is 11.5 Å². The highest BCUT2D eigenvalue weighted by Gasteiger charge is 2.39. The van der Waals surface area contributed by atoms with Crippen LogP contribution in [-0.4, -0.2) is 46.6 Å². The molecule has 1 saturated heterocycles. The Balaban J connectivity index is 1.94. The van der Waals surface area contributed by atoms with E-state index in [-0.39, 0.29) is 18.9 Å². The number of carbonyl (C=O) groups excluding carboxylic acids is 2. The number of primary amides is 1. The highest BCUT2D eigenvalue weighted by molar-refractivity contribution is 5.89. The van der Waals surface area contributed by atoms with Crippen LogP contribution < -0.4 is 11.5 Å². The smallest absolute Gasteiger partial charge is 0.240 e. The average Bonchev–Trinajstić information content (AvgIpc) is 2.87. The van der Waals surface area contributed by atoms with Crippen LogP contribution in [0.15, 0.2) is 30.3 Å².